The Hall–Kier alpha value is -0.410. The number of carbonyl (C=O) groups excluding carboxylic acids is 1. The SMILES string of the molecule is CC(=O)CN1CCN(C)C1. The number of ketones is 1. The van der Waals surface area contributed by atoms with Crippen LogP contribution in [0.25, 0.3) is 0 Å². The highest BCUT2D eigenvalue weighted by atomic mass is 16.1. The van der Waals surface area contributed by atoms with Gasteiger partial charge in [0.25, 0.3) is 0 Å². The largest absolute Gasteiger partial charge is 0.299 e. The minimum atomic E-state index is 0.260. The van der Waals surface area contributed by atoms with E-state index in [0.29, 0.717) is 6.54 Å². The maximum atomic E-state index is 10.6. The van der Waals surface area contributed by atoms with Crippen molar-refractivity contribution in [2.24, 2.45) is 0 Å². The van der Waals surface area contributed by atoms with E-state index < -0.39 is 0 Å². The Morgan fingerprint density at radius 3 is 2.60 bits per heavy atom. The number of hydrogen-bond donors (Lipinski definition) is 0. The van der Waals surface area contributed by atoms with Gasteiger partial charge in [-0.2, -0.15) is 0 Å². The van der Waals surface area contributed by atoms with E-state index in [-0.39, 0.29) is 5.78 Å². The maximum absolute atomic E-state index is 10.6. The molecular weight excluding hydrogens is 128 g/mol. The summed E-state index contributed by atoms with van der Waals surface area (Å²) in [4.78, 5) is 15.0. The average Bonchev–Trinajstić information content (AvgIpc) is 2.13. The van der Waals surface area contributed by atoms with Gasteiger partial charge in [0, 0.05) is 13.1 Å². The Balaban J connectivity index is 2.24. The number of carbonyl (C=O) groups is 1. The average molecular weight is 142 g/mol. The molecule has 0 bridgehead atoms. The van der Waals surface area contributed by atoms with Crippen LogP contribution in [0, 0.1) is 0 Å². The molecule has 0 aromatic heterocycles. The Bertz CT molecular complexity index is 136. The molecule has 3 heteroatoms. The molecule has 1 saturated heterocycles. The highest BCUT2D eigenvalue weighted by molar-refractivity contribution is 5.77. The van der Waals surface area contributed by atoms with Crippen LogP contribution >= 0.6 is 0 Å². The molecule has 0 radical (unpaired) electrons. The summed E-state index contributed by atoms with van der Waals surface area (Å²) >= 11 is 0. The van der Waals surface area contributed by atoms with Crippen molar-refractivity contribution in [3.05, 3.63) is 0 Å². The first-order valence-corrected chi connectivity index (χ1v) is 3.59. The fourth-order valence-electron chi connectivity index (χ4n) is 1.24. The molecule has 0 amide bonds. The van der Waals surface area contributed by atoms with Crippen LogP contribution in [0.4, 0.5) is 0 Å². The highest BCUT2D eigenvalue weighted by Gasteiger charge is 2.16. The van der Waals surface area contributed by atoms with Crippen LogP contribution in [0.15, 0.2) is 0 Å². The first-order chi connectivity index (χ1) is 4.68. The van der Waals surface area contributed by atoms with Crippen LogP contribution in [0.5, 0.6) is 0 Å². The molecule has 1 heterocycles. The second-order valence-corrected chi connectivity index (χ2v) is 2.98. The summed E-state index contributed by atoms with van der Waals surface area (Å²) in [5.74, 6) is 0.260. The normalized spacial score (nSPS) is 21.8. The zero-order valence-corrected chi connectivity index (χ0v) is 6.63. The van der Waals surface area contributed by atoms with E-state index in [4.69, 9.17) is 0 Å². The fourth-order valence-corrected chi connectivity index (χ4v) is 1.24. The van der Waals surface area contributed by atoms with Gasteiger partial charge in [-0.1, -0.05) is 0 Å². The number of Topliss-reactive ketones (excluding diaryl/α,β-unsaturated/α-hetero) is 1. The molecule has 1 fully saturated rings. The van der Waals surface area contributed by atoms with E-state index in [1.54, 1.807) is 6.92 Å². The quantitative estimate of drug-likeness (QED) is 0.532. The van der Waals surface area contributed by atoms with Gasteiger partial charge in [-0.15, -0.1) is 0 Å². The number of hydrogen-bond acceptors (Lipinski definition) is 3. The lowest BCUT2D eigenvalue weighted by Crippen LogP contribution is -2.27. The predicted octanol–water partition coefficient (Wildman–Crippen LogP) is -0.220. The lowest BCUT2D eigenvalue weighted by molar-refractivity contribution is -0.118. The first-order valence-electron chi connectivity index (χ1n) is 3.59. The van der Waals surface area contributed by atoms with Crippen molar-refractivity contribution >= 4 is 5.78 Å². The summed E-state index contributed by atoms with van der Waals surface area (Å²) in [5, 5.41) is 0. The molecule has 1 aliphatic rings. The second-order valence-electron chi connectivity index (χ2n) is 2.98. The topological polar surface area (TPSA) is 23.6 Å². The summed E-state index contributed by atoms with van der Waals surface area (Å²) in [6.45, 7) is 5.32. The van der Waals surface area contributed by atoms with Gasteiger partial charge >= 0.3 is 0 Å². The summed E-state index contributed by atoms with van der Waals surface area (Å²) < 4.78 is 0. The summed E-state index contributed by atoms with van der Waals surface area (Å²) in [5.41, 5.74) is 0. The van der Waals surface area contributed by atoms with Crippen molar-refractivity contribution in [3.8, 4) is 0 Å². The first kappa shape index (κ1) is 7.69. The molecule has 0 saturated carbocycles. The summed E-state index contributed by atoms with van der Waals surface area (Å²) in [7, 11) is 2.07. The standard InChI is InChI=1S/C7H14N2O/c1-7(10)5-9-4-3-8(2)6-9/h3-6H2,1-2H3. The fraction of sp³-hybridized carbons (Fsp3) is 0.857. The van der Waals surface area contributed by atoms with Gasteiger partial charge in [0.1, 0.15) is 5.78 Å². The predicted molar refractivity (Wildman–Crippen MR) is 39.8 cm³/mol. The zero-order chi connectivity index (χ0) is 7.56. The van der Waals surface area contributed by atoms with Crippen molar-refractivity contribution in [1.29, 1.82) is 0 Å². The van der Waals surface area contributed by atoms with E-state index in [0.717, 1.165) is 19.8 Å². The third kappa shape index (κ3) is 2.08. The molecule has 3 nitrogen and oxygen atoms in total. The van der Waals surface area contributed by atoms with Gasteiger partial charge in [0.2, 0.25) is 0 Å². The van der Waals surface area contributed by atoms with Gasteiger partial charge in [-0.3, -0.25) is 14.6 Å². The van der Waals surface area contributed by atoms with Crippen LogP contribution in [0.1, 0.15) is 6.92 Å². The van der Waals surface area contributed by atoms with Crippen LogP contribution in [-0.4, -0.2) is 48.9 Å². The Labute approximate surface area is 61.6 Å². The number of likely N-dealkylation sites (N-methyl/N-ethyl adjacent to an activating group) is 1. The van der Waals surface area contributed by atoms with Crippen molar-refractivity contribution in [2.45, 2.75) is 6.92 Å². The van der Waals surface area contributed by atoms with Crippen molar-refractivity contribution in [2.75, 3.05) is 33.4 Å². The molecule has 0 N–H and O–H groups in total. The van der Waals surface area contributed by atoms with Crippen molar-refractivity contribution < 1.29 is 4.79 Å². The van der Waals surface area contributed by atoms with Crippen LogP contribution < -0.4 is 0 Å². The molecule has 1 aliphatic heterocycles. The molecule has 0 aliphatic carbocycles. The van der Waals surface area contributed by atoms with E-state index in [1.807, 2.05) is 0 Å². The Kier molecular flexibility index (Phi) is 2.40. The molecule has 58 valence electrons. The third-order valence-corrected chi connectivity index (χ3v) is 1.69. The molecular formula is C7H14N2O. The minimum absolute atomic E-state index is 0.260. The Morgan fingerprint density at radius 1 is 1.50 bits per heavy atom. The van der Waals surface area contributed by atoms with Crippen LogP contribution in [0.3, 0.4) is 0 Å². The number of rotatable bonds is 2. The second kappa shape index (κ2) is 3.12. The third-order valence-electron chi connectivity index (χ3n) is 1.69. The smallest absolute Gasteiger partial charge is 0.143 e. The van der Waals surface area contributed by atoms with E-state index in [9.17, 15) is 4.79 Å². The van der Waals surface area contributed by atoms with Crippen LogP contribution in [-0.2, 0) is 4.79 Å². The molecule has 0 spiro atoms. The molecule has 0 aromatic rings. The Morgan fingerprint density at radius 2 is 2.20 bits per heavy atom. The summed E-state index contributed by atoms with van der Waals surface area (Å²) in [6, 6.07) is 0. The van der Waals surface area contributed by atoms with E-state index >= 15 is 0 Å². The van der Waals surface area contributed by atoms with Gasteiger partial charge < -0.3 is 0 Å². The van der Waals surface area contributed by atoms with Crippen molar-refractivity contribution in [1.82, 2.24) is 9.80 Å². The van der Waals surface area contributed by atoms with Gasteiger partial charge in [-0.05, 0) is 14.0 Å². The zero-order valence-electron chi connectivity index (χ0n) is 6.63. The van der Waals surface area contributed by atoms with Crippen LogP contribution in [0.2, 0.25) is 0 Å². The molecule has 1 rings (SSSR count). The molecule has 0 unspecified atom stereocenters. The summed E-state index contributed by atoms with van der Waals surface area (Å²) in [6.07, 6.45) is 0. The highest BCUT2D eigenvalue weighted by Crippen LogP contribution is 2.00. The maximum Gasteiger partial charge on any atom is 0.143 e. The van der Waals surface area contributed by atoms with E-state index in [1.165, 1.54) is 0 Å². The molecule has 0 atom stereocenters. The van der Waals surface area contributed by atoms with Gasteiger partial charge in [0.05, 0.1) is 13.2 Å². The monoisotopic (exact) mass is 142 g/mol. The lowest BCUT2D eigenvalue weighted by atomic mass is 10.4. The molecule has 0 aromatic carbocycles. The minimum Gasteiger partial charge on any atom is -0.299 e. The molecule has 10 heavy (non-hydrogen) atoms. The van der Waals surface area contributed by atoms with Gasteiger partial charge in [-0.25, -0.2) is 0 Å². The van der Waals surface area contributed by atoms with Gasteiger partial charge in [0.15, 0.2) is 0 Å². The number of nitrogens with zero attached hydrogens (tertiary/aromatic N) is 2. The lowest BCUT2D eigenvalue weighted by Gasteiger charge is -2.12. The van der Waals surface area contributed by atoms with Crippen molar-refractivity contribution in [3.63, 3.8) is 0 Å². The van der Waals surface area contributed by atoms with E-state index in [2.05, 4.69) is 16.8 Å².